The Morgan fingerprint density at radius 3 is 2.63 bits per heavy atom. The van der Waals surface area contributed by atoms with Gasteiger partial charge in [0.2, 0.25) is 0 Å². The standard InChI is InChI=1S/C21H27N3O3/c1-22-21(24-14-16-5-7-19(25-2)20(13-16)26-3)23-10-8-15-4-6-18-17(12-15)9-11-27-18/h4-7,12-13H,8-11,14H2,1-3H3,(H2,22,23,24). The number of methoxy groups -OCH3 is 2. The number of hydrogen-bond acceptors (Lipinski definition) is 4. The van der Waals surface area contributed by atoms with Gasteiger partial charge in [0.05, 0.1) is 20.8 Å². The molecule has 1 heterocycles. The van der Waals surface area contributed by atoms with Gasteiger partial charge in [0.15, 0.2) is 17.5 Å². The second kappa shape index (κ2) is 9.16. The van der Waals surface area contributed by atoms with Gasteiger partial charge in [-0.15, -0.1) is 0 Å². The zero-order chi connectivity index (χ0) is 19.1. The Labute approximate surface area is 160 Å². The van der Waals surface area contributed by atoms with Crippen molar-refractivity contribution in [2.45, 2.75) is 19.4 Å². The molecule has 3 rings (SSSR count). The third kappa shape index (κ3) is 4.84. The number of benzene rings is 2. The summed E-state index contributed by atoms with van der Waals surface area (Å²) in [6.45, 7) is 2.26. The Hall–Kier alpha value is -2.89. The van der Waals surface area contributed by atoms with Gasteiger partial charge in [-0.2, -0.15) is 0 Å². The number of fused-ring (bicyclic) bond motifs is 1. The Kier molecular flexibility index (Phi) is 6.41. The lowest BCUT2D eigenvalue weighted by Crippen LogP contribution is -2.37. The van der Waals surface area contributed by atoms with E-state index in [2.05, 4.69) is 33.8 Å². The first-order valence-electron chi connectivity index (χ1n) is 9.13. The summed E-state index contributed by atoms with van der Waals surface area (Å²) in [4.78, 5) is 4.29. The van der Waals surface area contributed by atoms with Crippen LogP contribution < -0.4 is 24.8 Å². The Morgan fingerprint density at radius 1 is 1.04 bits per heavy atom. The molecule has 0 aromatic heterocycles. The van der Waals surface area contributed by atoms with Crippen LogP contribution in [0.1, 0.15) is 16.7 Å². The molecule has 6 nitrogen and oxygen atoms in total. The van der Waals surface area contributed by atoms with Crippen molar-refractivity contribution in [3.63, 3.8) is 0 Å². The van der Waals surface area contributed by atoms with E-state index >= 15 is 0 Å². The maximum Gasteiger partial charge on any atom is 0.191 e. The summed E-state index contributed by atoms with van der Waals surface area (Å²) in [5, 5.41) is 6.68. The highest BCUT2D eigenvalue weighted by Gasteiger charge is 2.11. The third-order valence-corrected chi connectivity index (χ3v) is 4.59. The van der Waals surface area contributed by atoms with Gasteiger partial charge in [0.25, 0.3) is 0 Å². The number of rotatable bonds is 7. The first-order valence-corrected chi connectivity index (χ1v) is 9.13. The van der Waals surface area contributed by atoms with Crippen molar-refractivity contribution in [2.75, 3.05) is 34.4 Å². The van der Waals surface area contributed by atoms with E-state index in [1.807, 2.05) is 18.2 Å². The highest BCUT2D eigenvalue weighted by Crippen LogP contribution is 2.27. The average molecular weight is 369 g/mol. The van der Waals surface area contributed by atoms with Crippen molar-refractivity contribution in [1.29, 1.82) is 0 Å². The molecular formula is C21H27N3O3. The summed E-state index contributed by atoms with van der Waals surface area (Å²) in [6, 6.07) is 12.3. The van der Waals surface area contributed by atoms with Crippen LogP contribution in [0.3, 0.4) is 0 Å². The van der Waals surface area contributed by atoms with Gasteiger partial charge in [-0.25, -0.2) is 0 Å². The molecule has 0 unspecified atom stereocenters. The van der Waals surface area contributed by atoms with Crippen LogP contribution >= 0.6 is 0 Å². The number of ether oxygens (including phenoxy) is 3. The van der Waals surface area contributed by atoms with Crippen molar-refractivity contribution in [3.8, 4) is 17.2 Å². The molecule has 1 aliphatic rings. The van der Waals surface area contributed by atoms with Crippen LogP contribution in [-0.4, -0.2) is 40.4 Å². The zero-order valence-corrected chi connectivity index (χ0v) is 16.2. The fourth-order valence-corrected chi connectivity index (χ4v) is 3.12. The van der Waals surface area contributed by atoms with Gasteiger partial charge < -0.3 is 24.8 Å². The van der Waals surface area contributed by atoms with E-state index in [0.717, 1.165) is 54.8 Å². The van der Waals surface area contributed by atoms with Gasteiger partial charge in [0, 0.05) is 26.6 Å². The van der Waals surface area contributed by atoms with E-state index in [4.69, 9.17) is 14.2 Å². The first kappa shape index (κ1) is 18.9. The van der Waals surface area contributed by atoms with Crippen molar-refractivity contribution >= 4 is 5.96 Å². The molecule has 2 aromatic rings. The molecule has 0 bridgehead atoms. The van der Waals surface area contributed by atoms with Gasteiger partial charge in [-0.1, -0.05) is 18.2 Å². The van der Waals surface area contributed by atoms with Gasteiger partial charge in [-0.3, -0.25) is 4.99 Å². The molecule has 0 spiro atoms. The van der Waals surface area contributed by atoms with E-state index in [1.165, 1.54) is 11.1 Å². The van der Waals surface area contributed by atoms with E-state index in [1.54, 1.807) is 21.3 Å². The summed E-state index contributed by atoms with van der Waals surface area (Å²) in [6.07, 6.45) is 1.94. The second-order valence-electron chi connectivity index (χ2n) is 6.33. The van der Waals surface area contributed by atoms with E-state index in [0.29, 0.717) is 6.54 Å². The maximum atomic E-state index is 5.56. The normalized spacial score (nSPS) is 12.9. The Bertz CT molecular complexity index is 805. The quantitative estimate of drug-likeness (QED) is 0.580. The summed E-state index contributed by atoms with van der Waals surface area (Å²) in [7, 11) is 5.05. The molecule has 2 N–H and O–H groups in total. The van der Waals surface area contributed by atoms with Crippen LogP contribution in [0.4, 0.5) is 0 Å². The molecule has 0 saturated carbocycles. The number of nitrogens with zero attached hydrogens (tertiary/aromatic N) is 1. The van der Waals surface area contributed by atoms with Crippen LogP contribution in [0.25, 0.3) is 0 Å². The minimum Gasteiger partial charge on any atom is -0.493 e. The number of hydrogen-bond donors (Lipinski definition) is 2. The second-order valence-corrected chi connectivity index (χ2v) is 6.33. The van der Waals surface area contributed by atoms with Crippen LogP contribution in [0.15, 0.2) is 41.4 Å². The molecule has 27 heavy (non-hydrogen) atoms. The van der Waals surface area contributed by atoms with Crippen LogP contribution in [-0.2, 0) is 19.4 Å². The highest BCUT2D eigenvalue weighted by molar-refractivity contribution is 5.79. The Morgan fingerprint density at radius 2 is 1.85 bits per heavy atom. The predicted octanol–water partition coefficient (Wildman–Crippen LogP) is 2.55. The van der Waals surface area contributed by atoms with Crippen LogP contribution in [0.5, 0.6) is 17.2 Å². The largest absolute Gasteiger partial charge is 0.493 e. The van der Waals surface area contributed by atoms with Crippen LogP contribution in [0.2, 0.25) is 0 Å². The lowest BCUT2D eigenvalue weighted by Gasteiger charge is -2.14. The summed E-state index contributed by atoms with van der Waals surface area (Å²) >= 11 is 0. The third-order valence-electron chi connectivity index (χ3n) is 4.59. The lowest BCUT2D eigenvalue weighted by molar-refractivity contribution is 0.354. The Balaban J connectivity index is 1.48. The number of aliphatic imine (C=N–C) groups is 1. The predicted molar refractivity (Wildman–Crippen MR) is 107 cm³/mol. The molecular weight excluding hydrogens is 342 g/mol. The average Bonchev–Trinajstić information content (AvgIpc) is 3.18. The van der Waals surface area contributed by atoms with E-state index in [9.17, 15) is 0 Å². The fraction of sp³-hybridized carbons (Fsp3) is 0.381. The molecule has 144 valence electrons. The minimum atomic E-state index is 0.649. The monoisotopic (exact) mass is 369 g/mol. The first-order chi connectivity index (χ1) is 13.2. The van der Waals surface area contributed by atoms with E-state index < -0.39 is 0 Å². The SMILES string of the molecule is CN=C(NCCc1ccc2c(c1)CCO2)NCc1ccc(OC)c(OC)c1. The number of nitrogens with one attached hydrogen (secondary N) is 2. The van der Waals surface area contributed by atoms with Crippen LogP contribution in [0, 0.1) is 0 Å². The van der Waals surface area contributed by atoms with Gasteiger partial charge >= 0.3 is 0 Å². The summed E-state index contributed by atoms with van der Waals surface area (Å²) < 4.78 is 16.2. The van der Waals surface area contributed by atoms with E-state index in [-0.39, 0.29) is 0 Å². The van der Waals surface area contributed by atoms with Crippen molar-refractivity contribution in [1.82, 2.24) is 10.6 Å². The molecule has 6 heteroatoms. The highest BCUT2D eigenvalue weighted by atomic mass is 16.5. The molecule has 0 saturated heterocycles. The van der Waals surface area contributed by atoms with Crippen molar-refractivity contribution in [2.24, 2.45) is 4.99 Å². The minimum absolute atomic E-state index is 0.649. The smallest absolute Gasteiger partial charge is 0.191 e. The molecule has 0 atom stereocenters. The topological polar surface area (TPSA) is 64.1 Å². The zero-order valence-electron chi connectivity index (χ0n) is 16.2. The summed E-state index contributed by atoms with van der Waals surface area (Å²) in [5.41, 5.74) is 3.71. The molecule has 0 amide bonds. The van der Waals surface area contributed by atoms with Crippen molar-refractivity contribution in [3.05, 3.63) is 53.1 Å². The number of guanidine groups is 1. The lowest BCUT2D eigenvalue weighted by atomic mass is 10.1. The molecule has 0 radical (unpaired) electrons. The molecule has 1 aliphatic heterocycles. The summed E-state index contributed by atoms with van der Waals surface area (Å²) in [5.74, 6) is 3.25. The molecule has 0 aliphatic carbocycles. The fourth-order valence-electron chi connectivity index (χ4n) is 3.12. The van der Waals surface area contributed by atoms with Gasteiger partial charge in [0.1, 0.15) is 5.75 Å². The molecule has 0 fully saturated rings. The van der Waals surface area contributed by atoms with Gasteiger partial charge in [-0.05, 0) is 41.3 Å². The maximum absolute atomic E-state index is 5.56. The van der Waals surface area contributed by atoms with Crippen molar-refractivity contribution < 1.29 is 14.2 Å². The molecule has 2 aromatic carbocycles.